The van der Waals surface area contributed by atoms with Gasteiger partial charge in [-0.3, -0.25) is 10.2 Å². The maximum absolute atomic E-state index is 14.8. The lowest BCUT2D eigenvalue weighted by atomic mass is 9.81. The van der Waals surface area contributed by atoms with Crippen molar-refractivity contribution in [1.29, 1.82) is 0 Å². The third kappa shape index (κ3) is 5.51. The van der Waals surface area contributed by atoms with Gasteiger partial charge < -0.3 is 14.6 Å². The van der Waals surface area contributed by atoms with Gasteiger partial charge >= 0.3 is 6.03 Å². The molecule has 1 aromatic carbocycles. The summed E-state index contributed by atoms with van der Waals surface area (Å²) in [5.41, 5.74) is 1.21. The zero-order chi connectivity index (χ0) is 29.3. The number of benzene rings is 1. The van der Waals surface area contributed by atoms with E-state index in [-0.39, 0.29) is 23.7 Å². The number of nitrogens with one attached hydrogen (secondary N) is 2. The van der Waals surface area contributed by atoms with Gasteiger partial charge in [-0.1, -0.05) is 18.2 Å². The second-order valence-corrected chi connectivity index (χ2v) is 11.0. The molecule has 12 heteroatoms. The minimum atomic E-state index is -1.45. The van der Waals surface area contributed by atoms with Gasteiger partial charge in [-0.05, 0) is 44.4 Å². The number of carbonyl (C=O) groups excluding carboxylic acids is 1. The van der Waals surface area contributed by atoms with Crippen molar-refractivity contribution in [2.24, 2.45) is 0 Å². The fourth-order valence-electron chi connectivity index (χ4n) is 5.68. The van der Waals surface area contributed by atoms with Gasteiger partial charge in [-0.25, -0.2) is 28.2 Å². The Kier molecular flexibility index (Phi) is 7.74. The standard InChI is InChI=1S/C30H34F2N8O2/c1-20-26(21-15-33-28(34-16-21)30(32)10-6-11-30)37-40(23-7-4-3-5-8-23)27(20)36-29(41)35-24-18-38(13-14-42-2)19-25(24)39-12-9-22(31)17-39/h3-5,7-9,12,15-17,24-25H,6,10-11,13-14,18-19H2,1-2H3,(H2,35,36,41). The molecule has 1 saturated heterocycles. The van der Waals surface area contributed by atoms with Crippen molar-refractivity contribution in [2.45, 2.75) is 43.9 Å². The van der Waals surface area contributed by atoms with Crippen LogP contribution in [-0.4, -0.2) is 74.6 Å². The maximum Gasteiger partial charge on any atom is 0.320 e. The lowest BCUT2D eigenvalue weighted by molar-refractivity contribution is 0.0507. The third-order valence-corrected chi connectivity index (χ3v) is 8.18. The Labute approximate surface area is 242 Å². The molecule has 2 amide bonds. The molecule has 0 spiro atoms. The minimum Gasteiger partial charge on any atom is -0.383 e. The number of para-hydroxylation sites is 1. The van der Waals surface area contributed by atoms with Crippen molar-refractivity contribution in [3.63, 3.8) is 0 Å². The molecule has 0 radical (unpaired) electrons. The molecule has 2 aliphatic rings. The lowest BCUT2D eigenvalue weighted by Crippen LogP contribution is -2.43. The van der Waals surface area contributed by atoms with Gasteiger partial charge in [0.1, 0.15) is 17.3 Å². The molecule has 42 heavy (non-hydrogen) atoms. The Bertz CT molecular complexity index is 1530. The predicted octanol–water partition coefficient (Wildman–Crippen LogP) is 4.62. The van der Waals surface area contributed by atoms with Gasteiger partial charge in [0.05, 0.1) is 24.4 Å². The number of amides is 2. The molecular formula is C30H34F2N8O2. The fraction of sp³-hybridized carbons (Fsp3) is 0.400. The van der Waals surface area contributed by atoms with E-state index in [1.54, 1.807) is 34.9 Å². The van der Waals surface area contributed by atoms with Crippen molar-refractivity contribution < 1.29 is 18.3 Å². The molecule has 1 aliphatic heterocycles. The molecule has 4 heterocycles. The van der Waals surface area contributed by atoms with Crippen LogP contribution in [0.15, 0.2) is 61.2 Å². The van der Waals surface area contributed by atoms with Crippen molar-refractivity contribution in [3.8, 4) is 16.9 Å². The molecule has 4 aromatic rings. The summed E-state index contributed by atoms with van der Waals surface area (Å²) < 4.78 is 37.4. The van der Waals surface area contributed by atoms with Crippen LogP contribution in [0, 0.1) is 12.7 Å². The molecule has 0 bridgehead atoms. The Hall–Kier alpha value is -4.16. The SMILES string of the molecule is COCCN1CC(NC(=O)Nc2c(C)c(-c3cnc(C4(F)CCC4)nc3)nn2-c2ccccc2)C(n2ccc(F)c2)C1. The van der Waals surface area contributed by atoms with E-state index in [0.29, 0.717) is 61.7 Å². The van der Waals surface area contributed by atoms with Crippen LogP contribution in [0.25, 0.3) is 16.9 Å². The minimum absolute atomic E-state index is 0.155. The predicted molar refractivity (Wildman–Crippen MR) is 154 cm³/mol. The number of nitrogens with zero attached hydrogens (tertiary/aromatic N) is 6. The zero-order valence-corrected chi connectivity index (χ0v) is 23.6. The normalized spacial score (nSPS) is 19.9. The van der Waals surface area contributed by atoms with Crippen LogP contribution >= 0.6 is 0 Å². The number of hydrogen-bond donors (Lipinski definition) is 2. The van der Waals surface area contributed by atoms with E-state index in [4.69, 9.17) is 9.84 Å². The average Bonchev–Trinajstić information content (AvgIpc) is 3.68. The highest BCUT2D eigenvalue weighted by molar-refractivity contribution is 5.91. The first-order valence-corrected chi connectivity index (χ1v) is 14.1. The van der Waals surface area contributed by atoms with E-state index < -0.39 is 11.7 Å². The molecular weight excluding hydrogens is 542 g/mol. The van der Waals surface area contributed by atoms with Crippen molar-refractivity contribution in [2.75, 3.05) is 38.7 Å². The van der Waals surface area contributed by atoms with E-state index in [1.807, 2.05) is 37.3 Å². The quantitative estimate of drug-likeness (QED) is 0.302. The lowest BCUT2D eigenvalue weighted by Gasteiger charge is -2.31. The van der Waals surface area contributed by atoms with Gasteiger partial charge in [0.15, 0.2) is 11.5 Å². The summed E-state index contributed by atoms with van der Waals surface area (Å²) in [6.07, 6.45) is 8.01. The van der Waals surface area contributed by atoms with E-state index in [9.17, 15) is 13.6 Å². The maximum atomic E-state index is 14.8. The Morgan fingerprint density at radius 3 is 2.55 bits per heavy atom. The number of methoxy groups -OCH3 is 1. The van der Waals surface area contributed by atoms with E-state index in [0.717, 1.165) is 12.1 Å². The summed E-state index contributed by atoms with van der Waals surface area (Å²) >= 11 is 0. The molecule has 1 aliphatic carbocycles. The number of rotatable bonds is 9. The largest absolute Gasteiger partial charge is 0.383 e. The highest BCUT2D eigenvalue weighted by Gasteiger charge is 2.41. The molecule has 10 nitrogen and oxygen atoms in total. The topological polar surface area (TPSA) is 102 Å². The molecule has 3 aromatic heterocycles. The number of halogens is 2. The number of urea groups is 1. The van der Waals surface area contributed by atoms with E-state index >= 15 is 0 Å². The first-order valence-electron chi connectivity index (χ1n) is 14.1. The van der Waals surface area contributed by atoms with Gasteiger partial charge in [-0.15, -0.1) is 0 Å². The smallest absolute Gasteiger partial charge is 0.320 e. The first kappa shape index (κ1) is 28.0. The summed E-state index contributed by atoms with van der Waals surface area (Å²) in [6, 6.07) is 10.0. The molecule has 2 unspecified atom stereocenters. The van der Waals surface area contributed by atoms with Gasteiger partial charge in [0.25, 0.3) is 0 Å². The number of ether oxygens (including phenoxy) is 1. The Morgan fingerprint density at radius 1 is 1.14 bits per heavy atom. The molecule has 6 rings (SSSR count). The van der Waals surface area contributed by atoms with Crippen LogP contribution in [0.4, 0.5) is 19.4 Å². The summed E-state index contributed by atoms with van der Waals surface area (Å²) in [5.74, 6) is 0.356. The van der Waals surface area contributed by atoms with Crippen molar-refractivity contribution in [3.05, 3.63) is 78.4 Å². The summed E-state index contributed by atoms with van der Waals surface area (Å²) in [5, 5.41) is 10.9. The van der Waals surface area contributed by atoms with E-state index in [1.165, 1.54) is 12.3 Å². The number of aromatic nitrogens is 5. The molecule has 2 fully saturated rings. The second-order valence-electron chi connectivity index (χ2n) is 11.0. The highest BCUT2D eigenvalue weighted by atomic mass is 19.1. The fourth-order valence-corrected chi connectivity index (χ4v) is 5.68. The van der Waals surface area contributed by atoms with Crippen LogP contribution in [0.1, 0.15) is 36.7 Å². The van der Waals surface area contributed by atoms with Crippen LogP contribution in [0.5, 0.6) is 0 Å². The summed E-state index contributed by atoms with van der Waals surface area (Å²) in [7, 11) is 1.65. The van der Waals surface area contributed by atoms with Crippen LogP contribution in [-0.2, 0) is 10.4 Å². The Morgan fingerprint density at radius 2 is 1.90 bits per heavy atom. The first-order chi connectivity index (χ1) is 20.3. The number of carbonyl (C=O) groups is 1. The molecule has 1 saturated carbocycles. The number of hydrogen-bond acceptors (Lipinski definition) is 6. The molecule has 2 N–H and O–H groups in total. The van der Waals surface area contributed by atoms with Crippen molar-refractivity contribution >= 4 is 11.8 Å². The van der Waals surface area contributed by atoms with Gasteiger partial charge in [0.2, 0.25) is 0 Å². The molecule has 2 atom stereocenters. The molecule has 220 valence electrons. The van der Waals surface area contributed by atoms with Gasteiger partial charge in [-0.2, -0.15) is 5.10 Å². The summed E-state index contributed by atoms with van der Waals surface area (Å²) in [4.78, 5) is 24.3. The average molecular weight is 577 g/mol. The third-order valence-electron chi connectivity index (χ3n) is 8.18. The van der Waals surface area contributed by atoms with Crippen LogP contribution < -0.4 is 10.6 Å². The van der Waals surface area contributed by atoms with Gasteiger partial charge in [0, 0.05) is 62.7 Å². The summed E-state index contributed by atoms with van der Waals surface area (Å²) in [6.45, 7) is 4.35. The number of alkyl halides is 1. The monoisotopic (exact) mass is 576 g/mol. The zero-order valence-electron chi connectivity index (χ0n) is 23.6. The number of anilines is 1. The van der Waals surface area contributed by atoms with Crippen LogP contribution in [0.3, 0.4) is 0 Å². The second kappa shape index (κ2) is 11.6. The van der Waals surface area contributed by atoms with Crippen molar-refractivity contribution in [1.82, 2.24) is 34.5 Å². The Balaban J connectivity index is 1.26. The van der Waals surface area contributed by atoms with E-state index in [2.05, 4.69) is 25.5 Å². The van der Waals surface area contributed by atoms with Crippen LogP contribution in [0.2, 0.25) is 0 Å². The number of likely N-dealkylation sites (tertiary alicyclic amines) is 1. The highest BCUT2D eigenvalue weighted by Crippen LogP contribution is 2.43.